The number of esters is 1. The highest BCUT2D eigenvalue weighted by Crippen LogP contribution is 2.42. The number of carbonyl (C=O) groups excluding carboxylic acids is 3. The Morgan fingerprint density at radius 1 is 0.884 bits per heavy atom. The Morgan fingerprint density at radius 2 is 1.52 bits per heavy atom. The van der Waals surface area contributed by atoms with Crippen LogP contribution in [0.3, 0.4) is 0 Å². The number of likely N-dealkylation sites (N-methyl/N-ethyl adjacent to an activating group) is 1. The van der Waals surface area contributed by atoms with Gasteiger partial charge in [0.1, 0.15) is 29.0 Å². The number of aliphatic hydroxyl groups excluding tert-OH is 2. The van der Waals surface area contributed by atoms with E-state index in [4.69, 9.17) is 43.0 Å². The smallest absolute Gasteiger partial charge is 0.407 e. The second-order valence-corrected chi connectivity index (χ2v) is 21.9. The number of carboxylic acids is 1. The molecule has 19 atom stereocenters. The Balaban J connectivity index is 2.15. The van der Waals surface area contributed by atoms with Crippen molar-refractivity contribution in [3.05, 3.63) is 0 Å². The number of hydrogen-bond acceptors (Lipinski definition) is 17. The van der Waals surface area contributed by atoms with Gasteiger partial charge in [-0.2, -0.15) is 0 Å². The van der Waals surface area contributed by atoms with Crippen molar-refractivity contribution in [1.29, 1.82) is 0 Å². The number of aliphatic carboxylic acids is 1. The first kappa shape index (κ1) is 60.4. The fraction of sp³-hybridized carbons (Fsp3) is 0.918. The fourth-order valence-electron chi connectivity index (χ4n) is 10.5. The Bertz CT molecular complexity index is 1660. The average molecular weight is 992 g/mol. The third kappa shape index (κ3) is 16.3. The zero-order chi connectivity index (χ0) is 52.6. The largest absolute Gasteiger partial charge is 0.481 e. The van der Waals surface area contributed by atoms with E-state index in [-0.39, 0.29) is 44.4 Å². The normalized spacial score (nSPS) is 40.8. The van der Waals surface area contributed by atoms with Gasteiger partial charge in [0.15, 0.2) is 18.7 Å². The third-order valence-electron chi connectivity index (χ3n) is 14.3. The molecule has 3 rings (SSSR count). The highest BCUT2D eigenvalue weighted by molar-refractivity contribution is 5.73. The monoisotopic (exact) mass is 992 g/mol. The summed E-state index contributed by atoms with van der Waals surface area (Å²) < 4.78 is 50.0. The third-order valence-corrected chi connectivity index (χ3v) is 14.3. The maximum Gasteiger partial charge on any atom is 0.407 e. The van der Waals surface area contributed by atoms with Crippen molar-refractivity contribution in [2.75, 3.05) is 27.7 Å². The maximum atomic E-state index is 14.6. The molecule has 3 saturated heterocycles. The van der Waals surface area contributed by atoms with Crippen LogP contribution in [-0.2, 0) is 47.5 Å². The number of nitrogens with zero attached hydrogens (tertiary/aromatic N) is 1. The number of cyclic esters (lactones) is 1. The molecule has 0 radical (unpaired) electrons. The van der Waals surface area contributed by atoms with Gasteiger partial charge in [0, 0.05) is 50.4 Å². The number of aliphatic hydroxyl groups is 4. The molecule has 3 fully saturated rings. The first-order valence-corrected chi connectivity index (χ1v) is 24.8. The lowest BCUT2D eigenvalue weighted by atomic mass is 9.72. The molecule has 0 aliphatic carbocycles. The van der Waals surface area contributed by atoms with Gasteiger partial charge in [0.05, 0.1) is 42.0 Å². The summed E-state index contributed by atoms with van der Waals surface area (Å²) in [7, 11) is 5.14. The van der Waals surface area contributed by atoms with Crippen molar-refractivity contribution < 1.29 is 82.6 Å². The zero-order valence-corrected chi connectivity index (χ0v) is 44.2. The highest BCUT2D eigenvalue weighted by atomic mass is 16.7. The number of methoxy groups -OCH3 is 1. The summed E-state index contributed by atoms with van der Waals surface area (Å²) in [6.45, 7) is 22.1. The number of amides is 2. The van der Waals surface area contributed by atoms with Crippen molar-refractivity contribution in [2.45, 2.75) is 237 Å². The van der Waals surface area contributed by atoms with Gasteiger partial charge in [-0.3, -0.25) is 9.59 Å². The van der Waals surface area contributed by atoms with Gasteiger partial charge in [-0.05, 0) is 114 Å². The SMILES string of the molecule is CC[C@H]1OC(=O)[C@H](C)[C@@H](OC2CC(C)(OC)C(OC(=O)NCCCCCC(=O)O)C(C)O2)C(C)[C@@H](OC2OC(C)CC(N(C)C)C2O)[C@](C)(O)C[C@@H](C)[C@H](NC(=O)OC(C)(C)C)[C@H](C)[C@@H](O)[C@]1(C)O. The molecule has 2 amide bonds. The average Bonchev–Trinajstić information content (AvgIpc) is 3.23. The van der Waals surface area contributed by atoms with Gasteiger partial charge in [-0.25, -0.2) is 9.59 Å². The molecule has 0 aromatic rings. The Labute approximate surface area is 410 Å². The van der Waals surface area contributed by atoms with Gasteiger partial charge >= 0.3 is 24.1 Å². The van der Waals surface area contributed by atoms with E-state index in [1.54, 1.807) is 76.2 Å². The van der Waals surface area contributed by atoms with Crippen molar-refractivity contribution in [3.63, 3.8) is 0 Å². The second kappa shape index (κ2) is 25.2. The fourth-order valence-corrected chi connectivity index (χ4v) is 10.5. The quantitative estimate of drug-likeness (QED) is 0.0677. The first-order valence-electron chi connectivity index (χ1n) is 24.8. The van der Waals surface area contributed by atoms with Crippen molar-refractivity contribution in [2.24, 2.45) is 23.7 Å². The predicted molar refractivity (Wildman–Crippen MR) is 253 cm³/mol. The number of rotatable bonds is 15. The van der Waals surface area contributed by atoms with E-state index in [1.807, 2.05) is 25.9 Å². The van der Waals surface area contributed by atoms with Crippen LogP contribution in [0.1, 0.15) is 141 Å². The molecule has 20 heteroatoms. The van der Waals surface area contributed by atoms with Crippen LogP contribution in [0.2, 0.25) is 0 Å². The highest BCUT2D eigenvalue weighted by Gasteiger charge is 2.55. The number of hydrogen-bond donors (Lipinski definition) is 7. The lowest BCUT2D eigenvalue weighted by Gasteiger charge is -2.50. The van der Waals surface area contributed by atoms with Gasteiger partial charge in [-0.1, -0.05) is 34.1 Å². The summed E-state index contributed by atoms with van der Waals surface area (Å²) in [5, 5.41) is 63.4. The Morgan fingerprint density at radius 3 is 2.09 bits per heavy atom. The number of ether oxygens (including phenoxy) is 8. The Kier molecular flexibility index (Phi) is 22.0. The summed E-state index contributed by atoms with van der Waals surface area (Å²) in [6.07, 6.45) is -10.3. The molecule has 0 aromatic heterocycles. The lowest BCUT2D eigenvalue weighted by Crippen LogP contribution is -2.62. The molecule has 402 valence electrons. The summed E-state index contributed by atoms with van der Waals surface area (Å²) in [6, 6.07) is -1.32. The summed E-state index contributed by atoms with van der Waals surface area (Å²) in [5.41, 5.74) is -5.98. The summed E-state index contributed by atoms with van der Waals surface area (Å²) in [5.74, 6) is -5.34. The molecule has 0 aromatic carbocycles. The van der Waals surface area contributed by atoms with Crippen molar-refractivity contribution in [1.82, 2.24) is 15.5 Å². The van der Waals surface area contributed by atoms with E-state index in [2.05, 4.69) is 10.6 Å². The van der Waals surface area contributed by atoms with Crippen LogP contribution in [0.15, 0.2) is 0 Å². The molecule has 3 aliphatic heterocycles. The van der Waals surface area contributed by atoms with E-state index in [9.17, 15) is 39.6 Å². The minimum Gasteiger partial charge on any atom is -0.481 e. The zero-order valence-electron chi connectivity index (χ0n) is 44.2. The summed E-state index contributed by atoms with van der Waals surface area (Å²) in [4.78, 5) is 53.9. The van der Waals surface area contributed by atoms with E-state index in [0.29, 0.717) is 25.7 Å². The molecule has 9 unspecified atom stereocenters. The number of nitrogens with one attached hydrogen (secondary N) is 2. The Hall–Kier alpha value is -2.92. The first-order chi connectivity index (χ1) is 31.8. The summed E-state index contributed by atoms with van der Waals surface area (Å²) >= 11 is 0. The van der Waals surface area contributed by atoms with Crippen molar-refractivity contribution in [3.8, 4) is 0 Å². The van der Waals surface area contributed by atoms with E-state index < -0.39 is 132 Å². The number of alkyl carbamates (subject to hydrolysis) is 2. The van der Waals surface area contributed by atoms with E-state index in [0.717, 1.165) is 0 Å². The van der Waals surface area contributed by atoms with Crippen LogP contribution in [0.25, 0.3) is 0 Å². The van der Waals surface area contributed by atoms with E-state index >= 15 is 0 Å². The number of carboxylic acid groups (broad SMARTS) is 1. The molecule has 7 N–H and O–H groups in total. The number of unbranched alkanes of at least 4 members (excludes halogenated alkanes) is 2. The van der Waals surface area contributed by atoms with E-state index in [1.165, 1.54) is 14.0 Å². The lowest BCUT2D eigenvalue weighted by molar-refractivity contribution is -0.318. The molecular formula is C49H89N3O17. The maximum absolute atomic E-state index is 14.6. The van der Waals surface area contributed by atoms with Crippen LogP contribution in [0, 0.1) is 23.7 Å². The van der Waals surface area contributed by atoms with Gasteiger partial charge in [0.25, 0.3) is 0 Å². The minimum absolute atomic E-state index is 0.00815. The van der Waals surface area contributed by atoms with Gasteiger partial charge in [0.2, 0.25) is 0 Å². The molecule has 20 nitrogen and oxygen atoms in total. The molecule has 69 heavy (non-hydrogen) atoms. The van der Waals surface area contributed by atoms with Gasteiger partial charge < -0.3 is 79.0 Å². The second-order valence-electron chi connectivity index (χ2n) is 21.9. The standard InChI is InChI=1S/C49H89N3O17/c1-17-33-49(13,61)39(56)28(4)36(51-45(59)69-46(8,9)10)26(2)24-47(11,60)40(67-43-37(55)32(52(14)15)23-27(3)63-43)29(5)38(30(6)42(57)65-33)66-35-25-48(12,62-16)41(31(7)64-35)68-44(58)50-22-20-18-19-21-34(53)54/h26-33,35-41,43,55-56,60-61H,17-25H2,1-16H3,(H,50,58)(H,51,59)(H,53,54)/t26-,27?,28+,29?,30-,31?,32?,33-,35?,36+,37?,38+,39-,40-,41?,43?,47-,48?,49-/m1/s1. The van der Waals surface area contributed by atoms with Crippen LogP contribution in [0.4, 0.5) is 9.59 Å². The molecular weight excluding hydrogens is 903 g/mol. The molecule has 0 saturated carbocycles. The van der Waals surface area contributed by atoms with Crippen LogP contribution < -0.4 is 10.6 Å². The van der Waals surface area contributed by atoms with Crippen LogP contribution in [0.5, 0.6) is 0 Å². The topological polar surface area (TPSA) is 271 Å². The van der Waals surface area contributed by atoms with Gasteiger partial charge in [-0.15, -0.1) is 0 Å². The molecule has 0 bridgehead atoms. The van der Waals surface area contributed by atoms with Crippen LogP contribution >= 0.6 is 0 Å². The van der Waals surface area contributed by atoms with Crippen molar-refractivity contribution >= 4 is 24.1 Å². The number of carbonyl (C=O) groups is 4. The molecule has 3 heterocycles. The van der Waals surface area contributed by atoms with Crippen LogP contribution in [-0.4, -0.2) is 178 Å². The minimum atomic E-state index is -2.05. The predicted octanol–water partition coefficient (Wildman–Crippen LogP) is 4.49. The molecule has 0 spiro atoms. The molecule has 3 aliphatic rings.